The van der Waals surface area contributed by atoms with Gasteiger partial charge in [0.15, 0.2) is 9.76 Å². The molecule has 48 valence electrons. The standard InChI is InChI=1S/C6H14OSi/c1-4-6(2)5-8-7-3/h4H,5,8H2,1-3H3. The molecule has 8 heavy (non-hydrogen) atoms. The number of hydrogen-bond donors (Lipinski definition) is 0. The van der Waals surface area contributed by atoms with Gasteiger partial charge in [0.05, 0.1) is 0 Å². The topological polar surface area (TPSA) is 9.23 Å². The molecule has 0 saturated heterocycles. The van der Waals surface area contributed by atoms with Crippen LogP contribution in [0.25, 0.3) is 0 Å². The van der Waals surface area contributed by atoms with Crippen molar-refractivity contribution in [1.29, 1.82) is 0 Å². The molecule has 0 saturated carbocycles. The van der Waals surface area contributed by atoms with Crippen LogP contribution >= 0.6 is 0 Å². The Hall–Kier alpha value is -0.0831. The van der Waals surface area contributed by atoms with Gasteiger partial charge in [-0.15, -0.1) is 0 Å². The molecule has 0 atom stereocenters. The highest BCUT2D eigenvalue weighted by Crippen LogP contribution is 1.97. The van der Waals surface area contributed by atoms with E-state index < -0.39 is 0 Å². The molecule has 1 nitrogen and oxygen atoms in total. The van der Waals surface area contributed by atoms with E-state index >= 15 is 0 Å². The van der Waals surface area contributed by atoms with Crippen LogP contribution in [0, 0.1) is 0 Å². The number of hydrogen-bond acceptors (Lipinski definition) is 1. The first-order valence-electron chi connectivity index (χ1n) is 2.92. The Morgan fingerprint density at radius 1 is 1.75 bits per heavy atom. The molecular formula is C6H14OSi. The third-order valence-electron chi connectivity index (χ3n) is 1.19. The molecule has 2 heteroatoms. The van der Waals surface area contributed by atoms with Crippen LogP contribution in [0.1, 0.15) is 13.8 Å². The first-order valence-corrected chi connectivity index (χ1v) is 4.49. The predicted molar refractivity (Wildman–Crippen MR) is 39.8 cm³/mol. The molecule has 0 amide bonds. The highest BCUT2D eigenvalue weighted by atomic mass is 28.2. The van der Waals surface area contributed by atoms with Crippen molar-refractivity contribution in [3.63, 3.8) is 0 Å². The minimum absolute atomic E-state index is 0.205. The van der Waals surface area contributed by atoms with Crippen LogP contribution in [0.3, 0.4) is 0 Å². The summed E-state index contributed by atoms with van der Waals surface area (Å²) in [7, 11) is 1.58. The monoisotopic (exact) mass is 130 g/mol. The lowest BCUT2D eigenvalue weighted by Gasteiger charge is -1.94. The van der Waals surface area contributed by atoms with Crippen molar-refractivity contribution < 1.29 is 4.43 Å². The maximum atomic E-state index is 5.01. The summed E-state index contributed by atoms with van der Waals surface area (Å²) in [5.74, 6) is 0. The van der Waals surface area contributed by atoms with Crippen LogP contribution < -0.4 is 0 Å². The first kappa shape index (κ1) is 7.92. The largest absolute Gasteiger partial charge is 0.427 e. The van der Waals surface area contributed by atoms with Crippen molar-refractivity contribution in [1.82, 2.24) is 0 Å². The van der Waals surface area contributed by atoms with E-state index in [4.69, 9.17) is 4.43 Å². The predicted octanol–water partition coefficient (Wildman–Crippen LogP) is 1.10. The van der Waals surface area contributed by atoms with E-state index in [2.05, 4.69) is 19.9 Å². The highest BCUT2D eigenvalue weighted by molar-refractivity contribution is 6.28. The normalized spacial score (nSPS) is 13.6. The summed E-state index contributed by atoms with van der Waals surface area (Å²) in [6.07, 6.45) is 2.14. The molecular weight excluding hydrogens is 116 g/mol. The molecule has 0 aliphatic heterocycles. The second kappa shape index (κ2) is 5.06. The van der Waals surface area contributed by atoms with E-state index in [9.17, 15) is 0 Å². The van der Waals surface area contributed by atoms with Gasteiger partial charge in [-0.2, -0.15) is 0 Å². The molecule has 0 unspecified atom stereocenters. The maximum absolute atomic E-state index is 5.01. The van der Waals surface area contributed by atoms with Gasteiger partial charge in [-0.3, -0.25) is 0 Å². The molecule has 0 fully saturated rings. The fourth-order valence-electron chi connectivity index (χ4n) is 0.407. The SMILES string of the molecule is CC=C(C)C[SiH2]OC. The summed E-state index contributed by atoms with van der Waals surface area (Å²) in [6, 6.07) is 1.20. The summed E-state index contributed by atoms with van der Waals surface area (Å²) < 4.78 is 5.01. The molecule has 0 heterocycles. The molecule has 0 aromatic carbocycles. The minimum atomic E-state index is -0.205. The third kappa shape index (κ3) is 4.09. The van der Waals surface area contributed by atoms with E-state index in [1.54, 1.807) is 7.11 Å². The van der Waals surface area contributed by atoms with Crippen LogP contribution in [-0.4, -0.2) is 16.9 Å². The smallest absolute Gasteiger partial charge is 0.164 e. The van der Waals surface area contributed by atoms with Gasteiger partial charge >= 0.3 is 0 Å². The second-order valence-electron chi connectivity index (χ2n) is 1.88. The Kier molecular flexibility index (Phi) is 5.01. The third-order valence-corrected chi connectivity index (χ3v) is 2.59. The highest BCUT2D eigenvalue weighted by Gasteiger charge is 1.85. The Morgan fingerprint density at radius 2 is 2.38 bits per heavy atom. The van der Waals surface area contributed by atoms with Crippen LogP contribution in [0.4, 0.5) is 0 Å². The molecule has 0 spiro atoms. The molecule has 0 bridgehead atoms. The first-order chi connectivity index (χ1) is 3.81. The Balaban J connectivity index is 3.12. The summed E-state index contributed by atoms with van der Waals surface area (Å²) in [5, 5.41) is 0. The molecule has 0 aliphatic carbocycles. The molecule has 0 aromatic heterocycles. The van der Waals surface area contributed by atoms with Crippen molar-refractivity contribution in [3.05, 3.63) is 11.6 Å². The van der Waals surface area contributed by atoms with Gasteiger partial charge in [0.25, 0.3) is 0 Å². The summed E-state index contributed by atoms with van der Waals surface area (Å²) in [5.41, 5.74) is 1.46. The number of allylic oxidation sites excluding steroid dienone is 2. The Morgan fingerprint density at radius 3 is 2.75 bits per heavy atom. The number of rotatable bonds is 3. The van der Waals surface area contributed by atoms with Gasteiger partial charge < -0.3 is 4.43 Å². The average molecular weight is 130 g/mol. The van der Waals surface area contributed by atoms with Gasteiger partial charge in [-0.25, -0.2) is 0 Å². The van der Waals surface area contributed by atoms with Crippen molar-refractivity contribution in [2.24, 2.45) is 0 Å². The molecule has 0 N–H and O–H groups in total. The maximum Gasteiger partial charge on any atom is 0.164 e. The lowest BCUT2D eigenvalue weighted by atomic mass is 10.3. The Bertz CT molecular complexity index is 78.6. The van der Waals surface area contributed by atoms with Crippen molar-refractivity contribution in [2.75, 3.05) is 7.11 Å². The van der Waals surface area contributed by atoms with Gasteiger partial charge in [-0.05, 0) is 19.9 Å². The fourth-order valence-corrected chi connectivity index (χ4v) is 1.22. The quantitative estimate of drug-likeness (QED) is 0.410. The van der Waals surface area contributed by atoms with Gasteiger partial charge in [0.2, 0.25) is 0 Å². The summed E-state index contributed by atoms with van der Waals surface area (Å²) >= 11 is 0. The van der Waals surface area contributed by atoms with E-state index in [1.807, 2.05) is 0 Å². The zero-order valence-electron chi connectivity index (χ0n) is 5.90. The van der Waals surface area contributed by atoms with Crippen molar-refractivity contribution >= 4 is 9.76 Å². The van der Waals surface area contributed by atoms with Crippen molar-refractivity contribution in [2.45, 2.75) is 19.9 Å². The van der Waals surface area contributed by atoms with Gasteiger partial charge in [-0.1, -0.05) is 11.6 Å². The average Bonchev–Trinajstić information content (AvgIpc) is 1.83. The molecule has 0 aliphatic rings. The summed E-state index contributed by atoms with van der Waals surface area (Å²) in [6.45, 7) is 4.21. The molecule has 0 radical (unpaired) electrons. The second-order valence-corrected chi connectivity index (χ2v) is 3.36. The van der Waals surface area contributed by atoms with E-state index in [1.165, 1.54) is 11.6 Å². The van der Waals surface area contributed by atoms with E-state index in [0.29, 0.717) is 0 Å². The van der Waals surface area contributed by atoms with Crippen LogP contribution in [0.2, 0.25) is 6.04 Å². The Labute approximate surface area is 53.7 Å². The zero-order chi connectivity index (χ0) is 6.41. The van der Waals surface area contributed by atoms with Gasteiger partial charge in [0.1, 0.15) is 0 Å². The molecule has 0 rings (SSSR count). The van der Waals surface area contributed by atoms with E-state index in [-0.39, 0.29) is 9.76 Å². The van der Waals surface area contributed by atoms with Crippen LogP contribution in [-0.2, 0) is 4.43 Å². The van der Waals surface area contributed by atoms with Crippen LogP contribution in [0.5, 0.6) is 0 Å². The lowest BCUT2D eigenvalue weighted by molar-refractivity contribution is 0.443. The lowest BCUT2D eigenvalue weighted by Crippen LogP contribution is -1.92. The zero-order valence-corrected chi connectivity index (χ0v) is 7.31. The molecule has 0 aromatic rings. The fraction of sp³-hybridized carbons (Fsp3) is 0.667. The minimum Gasteiger partial charge on any atom is -0.427 e. The van der Waals surface area contributed by atoms with E-state index in [0.717, 1.165) is 0 Å². The van der Waals surface area contributed by atoms with Crippen LogP contribution in [0.15, 0.2) is 11.6 Å². The summed E-state index contributed by atoms with van der Waals surface area (Å²) in [4.78, 5) is 0. The van der Waals surface area contributed by atoms with Crippen molar-refractivity contribution in [3.8, 4) is 0 Å². The van der Waals surface area contributed by atoms with Gasteiger partial charge in [0, 0.05) is 7.11 Å².